The van der Waals surface area contributed by atoms with Crippen LogP contribution in [0.2, 0.25) is 0 Å². The van der Waals surface area contributed by atoms with Crippen LogP contribution in [0.15, 0.2) is 0 Å². The van der Waals surface area contributed by atoms with Gasteiger partial charge in [-0.15, -0.1) is 0 Å². The van der Waals surface area contributed by atoms with Crippen molar-refractivity contribution in [3.63, 3.8) is 0 Å². The van der Waals surface area contributed by atoms with Gasteiger partial charge in [-0.05, 0) is 45.2 Å². The summed E-state index contributed by atoms with van der Waals surface area (Å²) in [7, 11) is 2.07. The minimum Gasteiger partial charge on any atom is -0.379 e. The molecule has 1 aliphatic carbocycles. The Labute approximate surface area is 111 Å². The number of rotatable bonds is 4. The lowest BCUT2D eigenvalue weighted by atomic mass is 9.94. The van der Waals surface area contributed by atoms with Crippen LogP contribution >= 0.6 is 0 Å². The van der Waals surface area contributed by atoms with Gasteiger partial charge in [-0.2, -0.15) is 0 Å². The largest absolute Gasteiger partial charge is 0.379 e. The molecule has 0 aromatic rings. The quantitative estimate of drug-likeness (QED) is 0.827. The van der Waals surface area contributed by atoms with E-state index in [9.17, 15) is 0 Å². The fourth-order valence-electron chi connectivity index (χ4n) is 4.35. The highest BCUT2D eigenvalue weighted by atomic mass is 16.5. The first-order chi connectivity index (χ1) is 8.88. The molecule has 1 N–H and O–H groups in total. The summed E-state index contributed by atoms with van der Waals surface area (Å²) < 4.78 is 5.64. The monoisotopic (exact) mass is 252 g/mol. The van der Waals surface area contributed by atoms with Crippen LogP contribution in [0.1, 0.15) is 38.5 Å². The fraction of sp³-hybridized carbons (Fsp3) is 1.00. The molecular formula is C15H28N2O. The van der Waals surface area contributed by atoms with Gasteiger partial charge in [-0.1, -0.05) is 12.8 Å². The van der Waals surface area contributed by atoms with Gasteiger partial charge in [0, 0.05) is 24.5 Å². The van der Waals surface area contributed by atoms with Crippen molar-refractivity contribution in [2.45, 2.75) is 50.6 Å². The number of likely N-dealkylation sites (tertiary alicyclic amines) is 1. The summed E-state index contributed by atoms with van der Waals surface area (Å²) in [4.78, 5) is 2.79. The second-order valence-corrected chi connectivity index (χ2v) is 6.44. The summed E-state index contributed by atoms with van der Waals surface area (Å²) in [6, 6.07) is 1.47. The number of nitrogens with one attached hydrogen (secondary N) is 1. The molecule has 2 heterocycles. The highest BCUT2D eigenvalue weighted by Gasteiger charge is 2.36. The number of hydrogen-bond donors (Lipinski definition) is 1. The molecular weight excluding hydrogens is 224 g/mol. The Morgan fingerprint density at radius 1 is 1.11 bits per heavy atom. The average Bonchev–Trinajstić information content (AvgIpc) is 3.09. The Balaban J connectivity index is 1.57. The van der Waals surface area contributed by atoms with Crippen molar-refractivity contribution < 1.29 is 4.74 Å². The summed E-state index contributed by atoms with van der Waals surface area (Å²) in [6.07, 6.45) is 8.78. The summed E-state index contributed by atoms with van der Waals surface area (Å²) in [6.45, 7) is 4.45. The summed E-state index contributed by atoms with van der Waals surface area (Å²) in [5.41, 5.74) is 0. The van der Waals surface area contributed by atoms with Crippen LogP contribution in [0.5, 0.6) is 0 Å². The molecule has 0 radical (unpaired) electrons. The molecule has 104 valence electrons. The van der Waals surface area contributed by atoms with E-state index in [2.05, 4.69) is 17.3 Å². The predicted molar refractivity (Wildman–Crippen MR) is 73.7 cm³/mol. The molecule has 0 bridgehead atoms. The van der Waals surface area contributed by atoms with Crippen LogP contribution in [-0.2, 0) is 4.74 Å². The third-order valence-electron chi connectivity index (χ3n) is 5.40. The van der Waals surface area contributed by atoms with Crippen LogP contribution in [0.4, 0.5) is 0 Å². The molecule has 3 fully saturated rings. The Morgan fingerprint density at radius 2 is 1.94 bits per heavy atom. The molecule has 2 saturated heterocycles. The smallest absolute Gasteiger partial charge is 0.0623 e. The van der Waals surface area contributed by atoms with E-state index < -0.39 is 0 Å². The van der Waals surface area contributed by atoms with Crippen LogP contribution in [-0.4, -0.2) is 50.3 Å². The molecule has 0 aromatic heterocycles. The molecule has 0 spiro atoms. The number of hydrogen-bond acceptors (Lipinski definition) is 3. The minimum absolute atomic E-state index is 0.579. The normalized spacial score (nSPS) is 38.8. The number of nitrogens with zero attached hydrogens (tertiary/aromatic N) is 1. The van der Waals surface area contributed by atoms with E-state index in [-0.39, 0.29) is 0 Å². The zero-order valence-corrected chi connectivity index (χ0v) is 11.7. The topological polar surface area (TPSA) is 24.5 Å². The van der Waals surface area contributed by atoms with Crippen LogP contribution in [0, 0.1) is 11.8 Å². The van der Waals surface area contributed by atoms with Gasteiger partial charge in [0.15, 0.2) is 0 Å². The van der Waals surface area contributed by atoms with E-state index in [1.165, 1.54) is 51.6 Å². The van der Waals surface area contributed by atoms with Gasteiger partial charge >= 0.3 is 0 Å². The van der Waals surface area contributed by atoms with E-state index >= 15 is 0 Å². The Morgan fingerprint density at radius 3 is 2.72 bits per heavy atom. The summed E-state index contributed by atoms with van der Waals surface area (Å²) >= 11 is 0. The van der Waals surface area contributed by atoms with E-state index in [0.717, 1.165) is 25.2 Å². The standard InChI is InChI=1S/C15H28N2O/c1-16-14-11-18-10-13(14)9-17-8-4-7-15(17)12-5-2-3-6-12/h12-16H,2-11H2,1H3. The van der Waals surface area contributed by atoms with Crippen LogP contribution < -0.4 is 5.32 Å². The first kappa shape index (κ1) is 12.9. The maximum Gasteiger partial charge on any atom is 0.0623 e. The Kier molecular flexibility index (Phi) is 4.22. The first-order valence-corrected chi connectivity index (χ1v) is 7.87. The zero-order chi connectivity index (χ0) is 12.4. The molecule has 3 nitrogen and oxygen atoms in total. The molecule has 1 saturated carbocycles. The molecule has 3 atom stereocenters. The van der Waals surface area contributed by atoms with Gasteiger partial charge in [0.05, 0.1) is 13.2 Å². The van der Waals surface area contributed by atoms with Crippen LogP contribution in [0.25, 0.3) is 0 Å². The highest BCUT2D eigenvalue weighted by molar-refractivity contribution is 4.91. The second kappa shape index (κ2) is 5.89. The third kappa shape index (κ3) is 2.59. The van der Waals surface area contributed by atoms with Crippen molar-refractivity contribution >= 4 is 0 Å². The molecule has 3 heteroatoms. The molecule has 0 amide bonds. The van der Waals surface area contributed by atoms with Gasteiger partial charge in [0.25, 0.3) is 0 Å². The summed E-state index contributed by atoms with van der Waals surface area (Å²) in [5.74, 6) is 1.71. The second-order valence-electron chi connectivity index (χ2n) is 6.44. The van der Waals surface area contributed by atoms with Crippen molar-refractivity contribution in [3.05, 3.63) is 0 Å². The van der Waals surface area contributed by atoms with E-state index in [1.54, 1.807) is 0 Å². The van der Waals surface area contributed by atoms with Crippen molar-refractivity contribution in [3.8, 4) is 0 Å². The SMILES string of the molecule is CNC1COCC1CN1CCCC1C1CCCC1. The van der Waals surface area contributed by atoms with Gasteiger partial charge in [0.1, 0.15) is 0 Å². The van der Waals surface area contributed by atoms with Gasteiger partial charge < -0.3 is 10.1 Å². The van der Waals surface area contributed by atoms with E-state index in [1.807, 2.05) is 0 Å². The lowest BCUT2D eigenvalue weighted by Crippen LogP contribution is -2.43. The molecule has 3 aliphatic rings. The number of ether oxygens (including phenoxy) is 1. The fourth-order valence-corrected chi connectivity index (χ4v) is 4.35. The van der Waals surface area contributed by atoms with E-state index in [4.69, 9.17) is 4.74 Å². The first-order valence-electron chi connectivity index (χ1n) is 7.87. The molecule has 2 aliphatic heterocycles. The predicted octanol–water partition coefficient (Wildman–Crippen LogP) is 1.88. The lowest BCUT2D eigenvalue weighted by molar-refractivity contribution is 0.141. The van der Waals surface area contributed by atoms with Crippen LogP contribution in [0.3, 0.4) is 0 Å². The maximum absolute atomic E-state index is 5.64. The molecule has 3 rings (SSSR count). The minimum atomic E-state index is 0.579. The third-order valence-corrected chi connectivity index (χ3v) is 5.40. The maximum atomic E-state index is 5.64. The molecule has 18 heavy (non-hydrogen) atoms. The number of likely N-dealkylation sites (N-methyl/N-ethyl adjacent to an activating group) is 1. The Bertz CT molecular complexity index is 265. The summed E-state index contributed by atoms with van der Waals surface area (Å²) in [5, 5.41) is 3.42. The van der Waals surface area contributed by atoms with Crippen molar-refractivity contribution in [2.24, 2.45) is 11.8 Å². The van der Waals surface area contributed by atoms with Crippen molar-refractivity contribution in [1.82, 2.24) is 10.2 Å². The van der Waals surface area contributed by atoms with Gasteiger partial charge in [0.2, 0.25) is 0 Å². The van der Waals surface area contributed by atoms with E-state index in [0.29, 0.717) is 12.0 Å². The van der Waals surface area contributed by atoms with Gasteiger partial charge in [-0.3, -0.25) is 4.90 Å². The lowest BCUT2D eigenvalue weighted by Gasteiger charge is -2.32. The molecule has 0 aromatic carbocycles. The average molecular weight is 252 g/mol. The van der Waals surface area contributed by atoms with Crippen molar-refractivity contribution in [2.75, 3.05) is 33.4 Å². The molecule has 3 unspecified atom stereocenters. The highest BCUT2D eigenvalue weighted by Crippen LogP contribution is 2.36. The van der Waals surface area contributed by atoms with Gasteiger partial charge in [-0.25, -0.2) is 0 Å². The Hall–Kier alpha value is -0.120. The zero-order valence-electron chi connectivity index (χ0n) is 11.7. The van der Waals surface area contributed by atoms with Crippen molar-refractivity contribution in [1.29, 1.82) is 0 Å².